The lowest BCUT2D eigenvalue weighted by molar-refractivity contribution is -0.118. The van der Waals surface area contributed by atoms with Gasteiger partial charge in [-0.25, -0.2) is 4.98 Å². The third kappa shape index (κ3) is 4.53. The van der Waals surface area contributed by atoms with Crippen LogP contribution >= 0.6 is 11.3 Å². The van der Waals surface area contributed by atoms with Crippen LogP contribution in [0.2, 0.25) is 0 Å². The quantitative estimate of drug-likeness (QED) is 0.813. The summed E-state index contributed by atoms with van der Waals surface area (Å²) in [6, 6.07) is 7.22. The zero-order valence-electron chi connectivity index (χ0n) is 13.7. The first-order valence-electron chi connectivity index (χ1n) is 7.80. The highest BCUT2D eigenvalue weighted by Crippen LogP contribution is 2.26. The lowest BCUT2D eigenvalue weighted by Gasteiger charge is -2.16. The lowest BCUT2D eigenvalue weighted by atomic mass is 10.00. The number of ether oxygens (including phenoxy) is 1. The van der Waals surface area contributed by atoms with Crippen molar-refractivity contribution in [2.45, 2.75) is 33.2 Å². The van der Waals surface area contributed by atoms with Crippen molar-refractivity contribution in [2.75, 3.05) is 11.9 Å². The molecule has 0 aliphatic rings. The van der Waals surface area contributed by atoms with E-state index in [0.717, 1.165) is 23.4 Å². The van der Waals surface area contributed by atoms with Gasteiger partial charge in [0.05, 0.1) is 18.3 Å². The second kappa shape index (κ2) is 8.08. The SMILES string of the molecule is CCOc1ccc(-c2csc(NC(=O)C(N)C(C)CC)n2)cc1. The minimum absolute atomic E-state index is 0.139. The number of nitrogens with two attached hydrogens (primary N) is 1. The fraction of sp³-hybridized carbons (Fsp3) is 0.412. The Bertz CT molecular complexity index is 640. The molecule has 1 aromatic heterocycles. The molecule has 23 heavy (non-hydrogen) atoms. The summed E-state index contributed by atoms with van der Waals surface area (Å²) < 4.78 is 5.43. The van der Waals surface area contributed by atoms with Crippen LogP contribution in [0.5, 0.6) is 5.75 Å². The Morgan fingerprint density at radius 2 is 2.04 bits per heavy atom. The maximum absolute atomic E-state index is 12.1. The van der Waals surface area contributed by atoms with Gasteiger partial charge in [0, 0.05) is 10.9 Å². The summed E-state index contributed by atoms with van der Waals surface area (Å²) in [5, 5.41) is 5.28. The standard InChI is InChI=1S/C17H23N3O2S/c1-4-11(3)15(18)16(21)20-17-19-14(10-23-17)12-6-8-13(9-7-12)22-5-2/h6-11,15H,4-5,18H2,1-3H3,(H,19,20,21). The first-order valence-corrected chi connectivity index (χ1v) is 8.68. The van der Waals surface area contributed by atoms with Gasteiger partial charge in [-0.05, 0) is 37.1 Å². The molecule has 3 N–H and O–H groups in total. The highest BCUT2D eigenvalue weighted by Gasteiger charge is 2.20. The molecule has 124 valence electrons. The van der Waals surface area contributed by atoms with E-state index in [9.17, 15) is 4.79 Å². The lowest BCUT2D eigenvalue weighted by Crippen LogP contribution is -2.40. The van der Waals surface area contributed by atoms with E-state index in [2.05, 4.69) is 10.3 Å². The van der Waals surface area contributed by atoms with Gasteiger partial charge in [0.1, 0.15) is 5.75 Å². The minimum atomic E-state index is -0.516. The molecule has 0 saturated carbocycles. The second-order valence-electron chi connectivity index (χ2n) is 5.40. The molecule has 1 aromatic carbocycles. The Morgan fingerprint density at radius 3 is 2.65 bits per heavy atom. The van der Waals surface area contributed by atoms with E-state index in [1.54, 1.807) is 0 Å². The van der Waals surface area contributed by atoms with E-state index in [4.69, 9.17) is 10.5 Å². The maximum atomic E-state index is 12.1. The molecule has 2 rings (SSSR count). The molecular formula is C17H23N3O2S. The van der Waals surface area contributed by atoms with Crippen LogP contribution in [0.25, 0.3) is 11.3 Å². The largest absolute Gasteiger partial charge is 0.494 e. The Balaban J connectivity index is 2.04. The number of hydrogen-bond donors (Lipinski definition) is 2. The van der Waals surface area contributed by atoms with Crippen LogP contribution in [0, 0.1) is 5.92 Å². The number of thiazole rings is 1. The molecule has 0 fully saturated rings. The van der Waals surface area contributed by atoms with Crippen molar-refractivity contribution in [1.82, 2.24) is 4.98 Å². The summed E-state index contributed by atoms with van der Waals surface area (Å²) in [5.41, 5.74) is 7.74. The maximum Gasteiger partial charge on any atom is 0.243 e. The highest BCUT2D eigenvalue weighted by atomic mass is 32.1. The number of nitrogens with one attached hydrogen (secondary N) is 1. The molecule has 0 spiro atoms. The minimum Gasteiger partial charge on any atom is -0.494 e. The van der Waals surface area contributed by atoms with E-state index in [1.807, 2.05) is 50.4 Å². The second-order valence-corrected chi connectivity index (χ2v) is 6.25. The average molecular weight is 333 g/mol. The Morgan fingerprint density at radius 1 is 1.35 bits per heavy atom. The number of aromatic nitrogens is 1. The van der Waals surface area contributed by atoms with Crippen LogP contribution in [0.3, 0.4) is 0 Å². The van der Waals surface area contributed by atoms with Crippen molar-refractivity contribution < 1.29 is 9.53 Å². The van der Waals surface area contributed by atoms with Crippen LogP contribution in [0.1, 0.15) is 27.2 Å². The molecule has 1 amide bonds. The third-order valence-corrected chi connectivity index (χ3v) is 4.51. The van der Waals surface area contributed by atoms with Gasteiger partial charge >= 0.3 is 0 Å². The number of anilines is 1. The first kappa shape index (κ1) is 17.4. The van der Waals surface area contributed by atoms with Gasteiger partial charge < -0.3 is 15.8 Å². The smallest absolute Gasteiger partial charge is 0.243 e. The molecule has 0 aliphatic carbocycles. The third-order valence-electron chi connectivity index (χ3n) is 3.76. The fourth-order valence-corrected chi connectivity index (χ4v) is 2.78. The van der Waals surface area contributed by atoms with Crippen molar-refractivity contribution in [3.05, 3.63) is 29.6 Å². The number of nitrogens with zero attached hydrogens (tertiary/aromatic N) is 1. The molecule has 5 nitrogen and oxygen atoms in total. The molecule has 2 aromatic rings. The van der Waals surface area contributed by atoms with E-state index >= 15 is 0 Å². The normalized spacial score (nSPS) is 13.4. The van der Waals surface area contributed by atoms with E-state index in [1.165, 1.54) is 11.3 Å². The molecular weight excluding hydrogens is 310 g/mol. The highest BCUT2D eigenvalue weighted by molar-refractivity contribution is 7.14. The zero-order valence-corrected chi connectivity index (χ0v) is 14.5. The molecule has 6 heteroatoms. The monoisotopic (exact) mass is 333 g/mol. The Hall–Kier alpha value is -1.92. The van der Waals surface area contributed by atoms with E-state index in [-0.39, 0.29) is 11.8 Å². The Kier molecular flexibility index (Phi) is 6.12. The molecule has 0 saturated heterocycles. The van der Waals surface area contributed by atoms with Gasteiger partial charge in [0.25, 0.3) is 0 Å². The number of amides is 1. The van der Waals surface area contributed by atoms with Crippen molar-refractivity contribution in [3.8, 4) is 17.0 Å². The van der Waals surface area contributed by atoms with E-state index in [0.29, 0.717) is 11.7 Å². The average Bonchev–Trinajstić information content (AvgIpc) is 3.02. The molecule has 1 heterocycles. The van der Waals surface area contributed by atoms with Gasteiger partial charge in [-0.2, -0.15) is 0 Å². The van der Waals surface area contributed by atoms with Crippen LogP contribution in [0.4, 0.5) is 5.13 Å². The summed E-state index contributed by atoms with van der Waals surface area (Å²) in [7, 11) is 0. The summed E-state index contributed by atoms with van der Waals surface area (Å²) in [5.74, 6) is 0.784. The van der Waals surface area contributed by atoms with Crippen LogP contribution in [-0.2, 0) is 4.79 Å². The molecule has 2 unspecified atom stereocenters. The van der Waals surface area contributed by atoms with Gasteiger partial charge in [0.2, 0.25) is 5.91 Å². The van der Waals surface area contributed by atoms with Crippen LogP contribution in [-0.4, -0.2) is 23.5 Å². The number of hydrogen-bond acceptors (Lipinski definition) is 5. The number of rotatable bonds is 7. The number of carbonyl (C=O) groups excluding carboxylic acids is 1. The topological polar surface area (TPSA) is 77.2 Å². The number of carbonyl (C=O) groups is 1. The van der Waals surface area contributed by atoms with Crippen molar-refractivity contribution >= 4 is 22.4 Å². The predicted octanol–water partition coefficient (Wildman–Crippen LogP) is 3.52. The van der Waals surface area contributed by atoms with Crippen LogP contribution < -0.4 is 15.8 Å². The van der Waals surface area contributed by atoms with E-state index < -0.39 is 6.04 Å². The summed E-state index contributed by atoms with van der Waals surface area (Å²) in [6.45, 7) is 6.58. The fourth-order valence-electron chi connectivity index (χ4n) is 2.05. The molecule has 0 radical (unpaired) electrons. The molecule has 0 aliphatic heterocycles. The van der Waals surface area contributed by atoms with Gasteiger partial charge in [0.15, 0.2) is 5.13 Å². The Labute approximate surface area is 140 Å². The summed E-state index contributed by atoms with van der Waals surface area (Å²) >= 11 is 1.39. The summed E-state index contributed by atoms with van der Waals surface area (Å²) in [4.78, 5) is 16.5. The van der Waals surface area contributed by atoms with Gasteiger partial charge in [-0.1, -0.05) is 20.3 Å². The van der Waals surface area contributed by atoms with Crippen molar-refractivity contribution in [1.29, 1.82) is 0 Å². The molecule has 2 atom stereocenters. The van der Waals surface area contributed by atoms with Crippen molar-refractivity contribution in [3.63, 3.8) is 0 Å². The van der Waals surface area contributed by atoms with Gasteiger partial charge in [-0.3, -0.25) is 4.79 Å². The summed E-state index contributed by atoms with van der Waals surface area (Å²) in [6.07, 6.45) is 0.865. The number of benzene rings is 1. The van der Waals surface area contributed by atoms with Crippen LogP contribution in [0.15, 0.2) is 29.6 Å². The predicted molar refractivity (Wildman–Crippen MR) is 94.8 cm³/mol. The van der Waals surface area contributed by atoms with Gasteiger partial charge in [-0.15, -0.1) is 11.3 Å². The zero-order chi connectivity index (χ0) is 16.8. The van der Waals surface area contributed by atoms with Crippen molar-refractivity contribution in [2.24, 2.45) is 11.7 Å². The first-order chi connectivity index (χ1) is 11.0. The molecule has 0 bridgehead atoms.